The van der Waals surface area contributed by atoms with E-state index >= 15 is 0 Å². The van der Waals surface area contributed by atoms with E-state index in [1.165, 1.54) is 17.3 Å². The highest BCUT2D eigenvalue weighted by atomic mass is 16.3. The summed E-state index contributed by atoms with van der Waals surface area (Å²) < 4.78 is 3.52. The van der Waals surface area contributed by atoms with Crippen LogP contribution in [0.25, 0.3) is 16.7 Å². The highest BCUT2D eigenvalue weighted by molar-refractivity contribution is 5.84. The Balaban J connectivity index is 1.38. The van der Waals surface area contributed by atoms with Crippen LogP contribution in [0.15, 0.2) is 59.4 Å². The van der Waals surface area contributed by atoms with Gasteiger partial charge < -0.3 is 14.6 Å². The van der Waals surface area contributed by atoms with Crippen LogP contribution in [0, 0.1) is 25.2 Å². The maximum atomic E-state index is 12.8. The quantitative estimate of drug-likeness (QED) is 0.501. The fraction of sp³-hybridized carbons (Fsp3) is 0.333. The number of benzene rings is 2. The number of pyridine rings is 1. The molecular formula is C27H29N5O2. The molecule has 1 aliphatic heterocycles. The molecule has 1 N–H and O–H groups in total. The third-order valence-electron chi connectivity index (χ3n) is 6.86. The molecule has 0 bridgehead atoms. The van der Waals surface area contributed by atoms with Gasteiger partial charge in [-0.3, -0.25) is 14.1 Å². The maximum absolute atomic E-state index is 12.8. The molecule has 2 aromatic carbocycles. The second-order valence-electron chi connectivity index (χ2n) is 9.14. The highest BCUT2D eigenvalue weighted by Gasteiger charge is 2.23. The Hall–Kier alpha value is -3.60. The molecule has 0 unspecified atom stereocenters. The van der Waals surface area contributed by atoms with E-state index in [2.05, 4.69) is 47.1 Å². The van der Waals surface area contributed by atoms with Crippen molar-refractivity contribution in [2.75, 3.05) is 37.6 Å². The summed E-state index contributed by atoms with van der Waals surface area (Å²) in [7, 11) is 0. The van der Waals surface area contributed by atoms with Gasteiger partial charge in [0.25, 0.3) is 5.56 Å². The summed E-state index contributed by atoms with van der Waals surface area (Å²) in [4.78, 5) is 17.5. The molecule has 1 saturated heterocycles. The molecule has 0 radical (unpaired) electrons. The molecule has 0 aliphatic carbocycles. The minimum Gasteiger partial charge on any atom is -0.390 e. The van der Waals surface area contributed by atoms with Crippen LogP contribution in [0.3, 0.4) is 0 Å². The van der Waals surface area contributed by atoms with Gasteiger partial charge in [-0.2, -0.15) is 5.26 Å². The number of nitrogens with zero attached hydrogens (tertiary/aromatic N) is 5. The van der Waals surface area contributed by atoms with Gasteiger partial charge in [0.15, 0.2) is 0 Å². The highest BCUT2D eigenvalue weighted by Crippen LogP contribution is 2.25. The van der Waals surface area contributed by atoms with Gasteiger partial charge in [-0.05, 0) is 43.2 Å². The number of fused-ring (bicyclic) bond motifs is 3. The lowest BCUT2D eigenvalue weighted by atomic mass is 10.1. The Morgan fingerprint density at radius 1 is 0.941 bits per heavy atom. The largest absolute Gasteiger partial charge is 0.390 e. The Kier molecular flexibility index (Phi) is 5.86. The van der Waals surface area contributed by atoms with E-state index in [9.17, 15) is 15.2 Å². The molecule has 7 nitrogen and oxygen atoms in total. The Labute approximate surface area is 198 Å². The summed E-state index contributed by atoms with van der Waals surface area (Å²) in [5.41, 5.74) is 5.65. The third-order valence-corrected chi connectivity index (χ3v) is 6.86. The average Bonchev–Trinajstić information content (AvgIpc) is 3.15. The number of aliphatic hydroxyl groups excluding tert-OH is 1. The predicted octanol–water partition coefficient (Wildman–Crippen LogP) is 2.93. The molecule has 1 aliphatic rings. The van der Waals surface area contributed by atoms with Crippen LogP contribution in [0.4, 0.5) is 5.69 Å². The van der Waals surface area contributed by atoms with Crippen molar-refractivity contribution in [1.82, 2.24) is 13.9 Å². The second-order valence-corrected chi connectivity index (χ2v) is 9.14. The summed E-state index contributed by atoms with van der Waals surface area (Å²) >= 11 is 0. The average molecular weight is 456 g/mol. The second kappa shape index (κ2) is 8.98. The van der Waals surface area contributed by atoms with Gasteiger partial charge in [0.2, 0.25) is 0 Å². The number of hydrogen-bond donors (Lipinski definition) is 1. The molecular weight excluding hydrogens is 426 g/mol. The minimum absolute atomic E-state index is 0.164. The summed E-state index contributed by atoms with van der Waals surface area (Å²) in [5, 5.41) is 20.9. The van der Waals surface area contributed by atoms with Gasteiger partial charge in [0, 0.05) is 44.5 Å². The number of β-amino-alcohol motifs (C(OH)–C–C–N with tert-alkyl or cyclic N) is 1. The van der Waals surface area contributed by atoms with Crippen LogP contribution in [0.1, 0.15) is 16.7 Å². The smallest absolute Gasteiger partial charge is 0.257 e. The van der Waals surface area contributed by atoms with Crippen molar-refractivity contribution in [2.24, 2.45) is 0 Å². The number of aromatic nitrogens is 2. The first-order chi connectivity index (χ1) is 16.5. The van der Waals surface area contributed by atoms with Gasteiger partial charge in [0.1, 0.15) is 11.7 Å². The van der Waals surface area contributed by atoms with Crippen molar-refractivity contribution in [3.05, 3.63) is 81.6 Å². The molecule has 7 heteroatoms. The van der Waals surface area contributed by atoms with Crippen molar-refractivity contribution in [1.29, 1.82) is 5.26 Å². The lowest BCUT2D eigenvalue weighted by Crippen LogP contribution is -2.49. The SMILES string of the molecule is Cc1ccccc1N1CCN(C[C@@H](O)Cn2c3ccccc3n3c(=O)cc(C)c(C#N)c23)CC1. The number of nitriles is 1. The van der Waals surface area contributed by atoms with Crippen LogP contribution in [0.5, 0.6) is 0 Å². The number of aliphatic hydroxyl groups is 1. The zero-order valence-electron chi connectivity index (χ0n) is 19.6. The number of rotatable bonds is 5. The minimum atomic E-state index is -0.633. The van der Waals surface area contributed by atoms with Gasteiger partial charge in [0.05, 0.1) is 29.2 Å². The molecule has 5 rings (SSSR count). The van der Waals surface area contributed by atoms with Crippen molar-refractivity contribution in [2.45, 2.75) is 26.5 Å². The van der Waals surface area contributed by atoms with Crippen LogP contribution in [-0.4, -0.2) is 57.8 Å². The third kappa shape index (κ3) is 3.85. The fourth-order valence-corrected chi connectivity index (χ4v) is 5.18. The number of anilines is 1. The van der Waals surface area contributed by atoms with Crippen LogP contribution in [0.2, 0.25) is 0 Å². The van der Waals surface area contributed by atoms with Crippen molar-refractivity contribution < 1.29 is 5.11 Å². The van der Waals surface area contributed by atoms with E-state index < -0.39 is 6.10 Å². The zero-order valence-corrected chi connectivity index (χ0v) is 19.6. The van der Waals surface area contributed by atoms with Crippen LogP contribution < -0.4 is 10.5 Å². The first-order valence-corrected chi connectivity index (χ1v) is 11.7. The first-order valence-electron chi connectivity index (χ1n) is 11.7. The first kappa shape index (κ1) is 22.2. The maximum Gasteiger partial charge on any atom is 0.257 e. The fourth-order valence-electron chi connectivity index (χ4n) is 5.18. The number of imidazole rings is 1. The molecule has 0 saturated carbocycles. The molecule has 0 spiro atoms. The van der Waals surface area contributed by atoms with Gasteiger partial charge in [-0.1, -0.05) is 30.3 Å². The normalized spacial score (nSPS) is 15.6. The summed E-state index contributed by atoms with van der Waals surface area (Å²) in [6.07, 6.45) is -0.633. The standard InChI is InChI=1S/C27H29N5O2/c1-19-7-3-4-8-23(19)30-13-11-29(12-14-30)17-21(33)18-31-24-9-5-6-10-25(24)32-26(34)15-20(2)22(16-28)27(31)32/h3-10,15,21,33H,11-14,17-18H2,1-2H3/t21-/m1/s1. The number of hydrogen-bond acceptors (Lipinski definition) is 5. The molecule has 0 amide bonds. The molecule has 174 valence electrons. The van der Waals surface area contributed by atoms with E-state index in [-0.39, 0.29) is 5.56 Å². The number of aryl methyl sites for hydroxylation is 2. The van der Waals surface area contributed by atoms with Crippen molar-refractivity contribution >= 4 is 22.4 Å². The van der Waals surface area contributed by atoms with E-state index in [1.807, 2.05) is 28.8 Å². The van der Waals surface area contributed by atoms with Gasteiger partial charge >= 0.3 is 0 Å². The van der Waals surface area contributed by atoms with Gasteiger partial charge in [-0.25, -0.2) is 0 Å². The summed E-state index contributed by atoms with van der Waals surface area (Å²) in [6.45, 7) is 8.36. The van der Waals surface area contributed by atoms with Crippen LogP contribution in [-0.2, 0) is 6.54 Å². The topological polar surface area (TPSA) is 76.9 Å². The predicted molar refractivity (Wildman–Crippen MR) is 134 cm³/mol. The van der Waals surface area contributed by atoms with Crippen LogP contribution >= 0.6 is 0 Å². The van der Waals surface area contributed by atoms with E-state index in [4.69, 9.17) is 0 Å². The Bertz CT molecular complexity index is 1450. The number of para-hydroxylation sites is 3. The number of piperazine rings is 1. The molecule has 3 heterocycles. The lowest BCUT2D eigenvalue weighted by molar-refractivity contribution is 0.0967. The molecule has 4 aromatic rings. The van der Waals surface area contributed by atoms with Gasteiger partial charge in [-0.15, -0.1) is 0 Å². The molecule has 34 heavy (non-hydrogen) atoms. The summed E-state index contributed by atoms with van der Waals surface area (Å²) in [5.74, 6) is 0. The van der Waals surface area contributed by atoms with E-state index in [1.54, 1.807) is 11.3 Å². The lowest BCUT2D eigenvalue weighted by Gasteiger charge is -2.37. The Morgan fingerprint density at radius 2 is 1.62 bits per heavy atom. The van der Waals surface area contributed by atoms with E-state index in [0.29, 0.717) is 29.9 Å². The Morgan fingerprint density at radius 3 is 2.32 bits per heavy atom. The monoisotopic (exact) mass is 455 g/mol. The van der Waals surface area contributed by atoms with E-state index in [0.717, 1.165) is 37.2 Å². The van der Waals surface area contributed by atoms with Crippen molar-refractivity contribution in [3.63, 3.8) is 0 Å². The zero-order chi connectivity index (χ0) is 23.8. The molecule has 1 fully saturated rings. The van der Waals surface area contributed by atoms with Crippen molar-refractivity contribution in [3.8, 4) is 6.07 Å². The molecule has 1 atom stereocenters. The summed E-state index contributed by atoms with van der Waals surface area (Å²) in [6, 6.07) is 19.8. The molecule has 2 aromatic heterocycles.